The number of aryl methyl sites for hydroxylation is 2. The summed E-state index contributed by atoms with van der Waals surface area (Å²) in [4.78, 5) is 32.5. The van der Waals surface area contributed by atoms with Gasteiger partial charge in [0, 0.05) is 37.1 Å². The van der Waals surface area contributed by atoms with E-state index in [1.54, 1.807) is 53.6 Å². The molecule has 2 aromatic heterocycles. The molecule has 1 saturated carbocycles. The molecule has 10 heteroatoms. The molecule has 33 heavy (non-hydrogen) atoms. The number of imidazole rings is 1. The van der Waals surface area contributed by atoms with Crippen molar-refractivity contribution in [2.24, 2.45) is 14.1 Å². The third-order valence-electron chi connectivity index (χ3n) is 5.59. The normalized spacial score (nSPS) is 13.2. The zero-order chi connectivity index (χ0) is 23.1. The molecule has 0 radical (unpaired) electrons. The Morgan fingerprint density at radius 1 is 1.00 bits per heavy atom. The first-order valence-corrected chi connectivity index (χ1v) is 10.5. The summed E-state index contributed by atoms with van der Waals surface area (Å²) in [6.45, 7) is 0. The van der Waals surface area contributed by atoms with E-state index in [-0.39, 0.29) is 29.4 Å². The van der Waals surface area contributed by atoms with Crippen molar-refractivity contribution in [3.05, 3.63) is 70.5 Å². The summed E-state index contributed by atoms with van der Waals surface area (Å²) in [7, 11) is 3.41. The molecule has 1 aliphatic carbocycles. The van der Waals surface area contributed by atoms with Crippen LogP contribution in [0, 0.1) is 5.82 Å². The van der Waals surface area contributed by atoms with Crippen molar-refractivity contribution < 1.29 is 9.18 Å². The minimum Gasteiger partial charge on any atom is -0.349 e. The number of halogens is 1. The van der Waals surface area contributed by atoms with Crippen LogP contribution in [-0.4, -0.2) is 31.1 Å². The van der Waals surface area contributed by atoms with E-state index in [1.807, 2.05) is 12.1 Å². The number of benzene rings is 2. The Hall–Kier alpha value is -4.21. The summed E-state index contributed by atoms with van der Waals surface area (Å²) >= 11 is 0. The number of hydrogen-bond donors (Lipinski definition) is 3. The van der Waals surface area contributed by atoms with Crippen LogP contribution in [0.1, 0.15) is 23.2 Å². The van der Waals surface area contributed by atoms with Crippen molar-refractivity contribution in [1.82, 2.24) is 24.4 Å². The smallest absolute Gasteiger partial charge is 0.328 e. The first-order valence-electron chi connectivity index (χ1n) is 10.5. The number of amides is 1. The lowest BCUT2D eigenvalue weighted by Gasteiger charge is -2.10. The molecule has 2 heterocycles. The summed E-state index contributed by atoms with van der Waals surface area (Å²) in [6, 6.07) is 12.5. The molecule has 0 unspecified atom stereocenters. The predicted octanol–water partition coefficient (Wildman–Crippen LogP) is 3.19. The maximum atomic E-state index is 14.3. The molecule has 0 spiro atoms. The molecule has 3 N–H and O–H groups in total. The van der Waals surface area contributed by atoms with Gasteiger partial charge < -0.3 is 16.0 Å². The van der Waals surface area contributed by atoms with Crippen LogP contribution >= 0.6 is 0 Å². The maximum Gasteiger partial charge on any atom is 0.328 e. The summed E-state index contributed by atoms with van der Waals surface area (Å²) in [5.41, 5.74) is 3.21. The summed E-state index contributed by atoms with van der Waals surface area (Å²) in [5.74, 6) is -0.538. The van der Waals surface area contributed by atoms with Gasteiger partial charge in [0.2, 0.25) is 5.95 Å². The van der Waals surface area contributed by atoms with Crippen LogP contribution < -0.4 is 21.6 Å². The second-order valence-corrected chi connectivity index (χ2v) is 8.07. The van der Waals surface area contributed by atoms with Gasteiger partial charge in [0.15, 0.2) is 11.6 Å². The quantitative estimate of drug-likeness (QED) is 0.419. The Morgan fingerprint density at radius 3 is 2.42 bits per heavy atom. The Morgan fingerprint density at radius 2 is 1.70 bits per heavy atom. The van der Waals surface area contributed by atoms with E-state index in [9.17, 15) is 14.0 Å². The van der Waals surface area contributed by atoms with Crippen molar-refractivity contribution in [3.63, 3.8) is 0 Å². The molecule has 0 aliphatic heterocycles. The molecule has 0 atom stereocenters. The van der Waals surface area contributed by atoms with Crippen LogP contribution in [0.25, 0.3) is 11.0 Å². The topological polar surface area (TPSA) is 106 Å². The molecule has 1 fully saturated rings. The Kier molecular flexibility index (Phi) is 5.04. The Bertz CT molecular complexity index is 1420. The van der Waals surface area contributed by atoms with Crippen molar-refractivity contribution in [2.45, 2.75) is 18.9 Å². The first kappa shape index (κ1) is 20.7. The number of rotatable bonds is 6. The Balaban J connectivity index is 1.34. The lowest BCUT2D eigenvalue weighted by molar-refractivity contribution is 0.0951. The van der Waals surface area contributed by atoms with Gasteiger partial charge in [0.05, 0.1) is 17.2 Å². The fourth-order valence-electron chi connectivity index (χ4n) is 3.57. The van der Waals surface area contributed by atoms with E-state index in [1.165, 1.54) is 0 Å². The van der Waals surface area contributed by atoms with Crippen LogP contribution in [0.4, 0.5) is 27.5 Å². The van der Waals surface area contributed by atoms with E-state index in [2.05, 4.69) is 25.9 Å². The van der Waals surface area contributed by atoms with Gasteiger partial charge in [-0.2, -0.15) is 4.98 Å². The lowest BCUT2D eigenvalue weighted by atomic mass is 10.2. The van der Waals surface area contributed by atoms with Crippen LogP contribution in [0.5, 0.6) is 0 Å². The second-order valence-electron chi connectivity index (χ2n) is 8.07. The molecule has 9 nitrogen and oxygen atoms in total. The largest absolute Gasteiger partial charge is 0.349 e. The fourth-order valence-corrected chi connectivity index (χ4v) is 3.57. The number of aromatic nitrogens is 4. The van der Waals surface area contributed by atoms with Crippen molar-refractivity contribution >= 4 is 40.1 Å². The number of carbonyl (C=O) groups excluding carboxylic acids is 1. The summed E-state index contributed by atoms with van der Waals surface area (Å²) in [5, 5.41) is 8.90. The average molecular weight is 447 g/mol. The van der Waals surface area contributed by atoms with Crippen LogP contribution in [0.2, 0.25) is 0 Å². The van der Waals surface area contributed by atoms with Crippen LogP contribution in [0.3, 0.4) is 0 Å². The zero-order valence-corrected chi connectivity index (χ0v) is 18.1. The molecular weight excluding hydrogens is 425 g/mol. The van der Waals surface area contributed by atoms with E-state index >= 15 is 0 Å². The first-order chi connectivity index (χ1) is 15.9. The van der Waals surface area contributed by atoms with E-state index in [4.69, 9.17) is 0 Å². The highest BCUT2D eigenvalue weighted by Crippen LogP contribution is 2.23. The molecule has 4 aromatic rings. The molecular formula is C23H22FN7O2. The number of anilines is 4. The third kappa shape index (κ3) is 4.14. The molecule has 2 aromatic carbocycles. The van der Waals surface area contributed by atoms with E-state index in [0.29, 0.717) is 16.9 Å². The van der Waals surface area contributed by atoms with Gasteiger partial charge in [0.1, 0.15) is 0 Å². The molecule has 168 valence electrons. The van der Waals surface area contributed by atoms with Crippen LogP contribution in [-0.2, 0) is 14.1 Å². The average Bonchev–Trinajstić information content (AvgIpc) is 3.61. The highest BCUT2D eigenvalue weighted by atomic mass is 19.1. The molecule has 1 aliphatic rings. The standard InChI is InChI=1S/C23H22FN7O2/c1-30-18-10-9-16(11-19(18)31(2)23(30)33)28-22-25-12-17(24)20(29-22)26-14-5-3-13(4-6-14)21(32)27-15-7-8-15/h3-6,9-12,15H,7-8H2,1-2H3,(H,27,32)(H2,25,26,28,29). The molecule has 0 bridgehead atoms. The highest BCUT2D eigenvalue weighted by Gasteiger charge is 2.23. The number of carbonyl (C=O) groups is 1. The monoisotopic (exact) mass is 447 g/mol. The SMILES string of the molecule is Cn1c(=O)n(C)c2cc(Nc3ncc(F)c(Nc4ccc(C(=O)NC5CC5)cc4)n3)ccc21. The van der Waals surface area contributed by atoms with E-state index < -0.39 is 5.82 Å². The number of nitrogens with zero attached hydrogens (tertiary/aromatic N) is 4. The van der Waals surface area contributed by atoms with Gasteiger partial charge in [-0.25, -0.2) is 14.2 Å². The highest BCUT2D eigenvalue weighted by molar-refractivity contribution is 5.95. The van der Waals surface area contributed by atoms with Gasteiger partial charge in [-0.3, -0.25) is 13.9 Å². The number of hydrogen-bond acceptors (Lipinski definition) is 6. The minimum atomic E-state index is -0.614. The van der Waals surface area contributed by atoms with Gasteiger partial charge in [-0.1, -0.05) is 0 Å². The molecule has 0 saturated heterocycles. The fraction of sp³-hybridized carbons (Fsp3) is 0.217. The van der Waals surface area contributed by atoms with E-state index in [0.717, 1.165) is 30.1 Å². The van der Waals surface area contributed by atoms with Crippen molar-refractivity contribution in [1.29, 1.82) is 0 Å². The van der Waals surface area contributed by atoms with Crippen molar-refractivity contribution in [3.8, 4) is 0 Å². The third-order valence-corrected chi connectivity index (χ3v) is 5.59. The minimum absolute atomic E-state index is 0.00382. The summed E-state index contributed by atoms with van der Waals surface area (Å²) < 4.78 is 17.5. The zero-order valence-electron chi connectivity index (χ0n) is 18.1. The second kappa shape index (κ2) is 8.05. The lowest BCUT2D eigenvalue weighted by Crippen LogP contribution is -2.25. The van der Waals surface area contributed by atoms with Crippen molar-refractivity contribution in [2.75, 3.05) is 10.6 Å². The van der Waals surface area contributed by atoms with Gasteiger partial charge in [-0.15, -0.1) is 0 Å². The van der Waals surface area contributed by atoms with Gasteiger partial charge in [-0.05, 0) is 55.3 Å². The number of fused-ring (bicyclic) bond motifs is 1. The number of nitrogens with one attached hydrogen (secondary N) is 3. The van der Waals surface area contributed by atoms with Crippen LogP contribution in [0.15, 0.2) is 53.5 Å². The van der Waals surface area contributed by atoms with Gasteiger partial charge in [0.25, 0.3) is 5.91 Å². The summed E-state index contributed by atoms with van der Waals surface area (Å²) in [6.07, 6.45) is 3.12. The Labute approximate surface area is 188 Å². The predicted molar refractivity (Wildman–Crippen MR) is 124 cm³/mol. The van der Waals surface area contributed by atoms with Gasteiger partial charge >= 0.3 is 5.69 Å². The molecule has 5 rings (SSSR count). The molecule has 1 amide bonds. The maximum absolute atomic E-state index is 14.3.